The largest absolute Gasteiger partial charge is 0.494 e. The van der Waals surface area contributed by atoms with Crippen molar-refractivity contribution in [1.82, 2.24) is 5.32 Å². The second-order valence-corrected chi connectivity index (χ2v) is 4.67. The van der Waals surface area contributed by atoms with Crippen LogP contribution in [0.15, 0.2) is 47.1 Å². The SMILES string of the molecule is CCCOc1ccc(NC(=S)NC(=O)c2ccco2)cc1. The summed E-state index contributed by atoms with van der Waals surface area (Å²) in [5.41, 5.74) is 0.767. The third kappa shape index (κ3) is 4.61. The van der Waals surface area contributed by atoms with Crippen LogP contribution < -0.4 is 15.4 Å². The minimum absolute atomic E-state index is 0.207. The number of anilines is 1. The first-order valence-electron chi connectivity index (χ1n) is 6.57. The number of hydrogen-bond acceptors (Lipinski definition) is 4. The molecule has 5 nitrogen and oxygen atoms in total. The molecule has 0 fully saturated rings. The molecule has 0 aliphatic rings. The molecule has 6 heteroatoms. The second kappa shape index (κ2) is 7.44. The van der Waals surface area contributed by atoms with Crippen LogP contribution >= 0.6 is 12.2 Å². The van der Waals surface area contributed by atoms with E-state index >= 15 is 0 Å². The van der Waals surface area contributed by atoms with E-state index in [1.807, 2.05) is 24.3 Å². The van der Waals surface area contributed by atoms with E-state index < -0.39 is 0 Å². The number of thiocarbonyl (C=S) groups is 1. The van der Waals surface area contributed by atoms with Crippen molar-refractivity contribution in [3.8, 4) is 5.75 Å². The first kappa shape index (κ1) is 15.1. The van der Waals surface area contributed by atoms with Crippen LogP contribution in [0.2, 0.25) is 0 Å². The molecule has 0 saturated heterocycles. The molecule has 1 aromatic heterocycles. The van der Waals surface area contributed by atoms with Crippen LogP contribution in [0.3, 0.4) is 0 Å². The highest BCUT2D eigenvalue weighted by molar-refractivity contribution is 7.80. The number of carbonyl (C=O) groups is 1. The number of amides is 1. The normalized spacial score (nSPS) is 9.95. The minimum atomic E-state index is -0.389. The smallest absolute Gasteiger partial charge is 0.293 e. The van der Waals surface area contributed by atoms with Crippen molar-refractivity contribution >= 4 is 28.9 Å². The lowest BCUT2D eigenvalue weighted by Gasteiger charge is -2.09. The predicted molar refractivity (Wildman–Crippen MR) is 84.6 cm³/mol. The van der Waals surface area contributed by atoms with Crippen molar-refractivity contribution in [3.63, 3.8) is 0 Å². The van der Waals surface area contributed by atoms with Gasteiger partial charge < -0.3 is 14.5 Å². The Morgan fingerprint density at radius 3 is 2.67 bits per heavy atom. The van der Waals surface area contributed by atoms with E-state index in [9.17, 15) is 4.79 Å². The number of furan rings is 1. The fourth-order valence-electron chi connectivity index (χ4n) is 1.59. The Bertz CT molecular complexity index is 594. The van der Waals surface area contributed by atoms with Gasteiger partial charge in [-0.2, -0.15) is 0 Å². The first-order valence-corrected chi connectivity index (χ1v) is 6.98. The summed E-state index contributed by atoms with van der Waals surface area (Å²) >= 11 is 5.07. The van der Waals surface area contributed by atoms with E-state index in [-0.39, 0.29) is 16.8 Å². The quantitative estimate of drug-likeness (QED) is 0.831. The van der Waals surface area contributed by atoms with E-state index in [0.717, 1.165) is 17.9 Å². The van der Waals surface area contributed by atoms with Gasteiger partial charge in [0.25, 0.3) is 5.91 Å². The number of hydrogen-bond donors (Lipinski definition) is 2. The molecule has 21 heavy (non-hydrogen) atoms. The zero-order chi connectivity index (χ0) is 15.1. The van der Waals surface area contributed by atoms with Gasteiger partial charge in [0.05, 0.1) is 12.9 Å². The number of benzene rings is 1. The fraction of sp³-hybridized carbons (Fsp3) is 0.200. The first-order chi connectivity index (χ1) is 10.2. The van der Waals surface area contributed by atoms with Crippen LogP contribution in [-0.2, 0) is 0 Å². The Morgan fingerprint density at radius 2 is 2.05 bits per heavy atom. The lowest BCUT2D eigenvalue weighted by molar-refractivity contribution is 0.0950. The summed E-state index contributed by atoms with van der Waals surface area (Å²) in [5, 5.41) is 5.66. The summed E-state index contributed by atoms with van der Waals surface area (Å²) in [6, 6.07) is 10.6. The van der Waals surface area contributed by atoms with Crippen LogP contribution in [0.1, 0.15) is 23.9 Å². The molecule has 2 N–H and O–H groups in total. The van der Waals surface area contributed by atoms with Gasteiger partial charge in [0.1, 0.15) is 5.75 Å². The van der Waals surface area contributed by atoms with Gasteiger partial charge in [-0.25, -0.2) is 0 Å². The van der Waals surface area contributed by atoms with Crippen molar-refractivity contribution in [2.24, 2.45) is 0 Å². The van der Waals surface area contributed by atoms with Gasteiger partial charge in [-0.15, -0.1) is 0 Å². The van der Waals surface area contributed by atoms with E-state index in [4.69, 9.17) is 21.4 Å². The van der Waals surface area contributed by atoms with Crippen molar-refractivity contribution in [3.05, 3.63) is 48.4 Å². The number of nitrogens with one attached hydrogen (secondary N) is 2. The molecular weight excluding hydrogens is 288 g/mol. The molecule has 0 unspecified atom stereocenters. The highest BCUT2D eigenvalue weighted by Crippen LogP contribution is 2.15. The zero-order valence-electron chi connectivity index (χ0n) is 11.6. The van der Waals surface area contributed by atoms with Crippen molar-refractivity contribution in [2.75, 3.05) is 11.9 Å². The second-order valence-electron chi connectivity index (χ2n) is 4.26. The maximum Gasteiger partial charge on any atom is 0.293 e. The molecule has 0 spiro atoms. The molecule has 0 saturated carbocycles. The molecule has 1 amide bonds. The minimum Gasteiger partial charge on any atom is -0.494 e. The summed E-state index contributed by atoms with van der Waals surface area (Å²) in [5.74, 6) is 0.621. The average Bonchev–Trinajstić information content (AvgIpc) is 3.01. The molecule has 2 rings (SSSR count). The highest BCUT2D eigenvalue weighted by atomic mass is 32.1. The Balaban J connectivity index is 1.86. The summed E-state index contributed by atoms with van der Waals surface area (Å²) in [6.45, 7) is 2.74. The average molecular weight is 304 g/mol. The maximum absolute atomic E-state index is 11.7. The predicted octanol–water partition coefficient (Wildman–Crippen LogP) is 3.20. The molecule has 0 radical (unpaired) electrons. The number of carbonyl (C=O) groups excluding carboxylic acids is 1. The Labute approximate surface area is 128 Å². The van der Waals surface area contributed by atoms with Gasteiger partial charge in [-0.1, -0.05) is 6.92 Å². The maximum atomic E-state index is 11.7. The third-order valence-electron chi connectivity index (χ3n) is 2.56. The summed E-state index contributed by atoms with van der Waals surface area (Å²) in [7, 11) is 0. The summed E-state index contributed by atoms with van der Waals surface area (Å²) < 4.78 is 10.5. The molecule has 0 bridgehead atoms. The molecule has 0 aliphatic carbocycles. The highest BCUT2D eigenvalue weighted by Gasteiger charge is 2.10. The van der Waals surface area contributed by atoms with Crippen LogP contribution in [-0.4, -0.2) is 17.6 Å². The van der Waals surface area contributed by atoms with Gasteiger partial charge in [-0.05, 0) is 55.0 Å². The van der Waals surface area contributed by atoms with Crippen LogP contribution in [0.4, 0.5) is 5.69 Å². The lowest BCUT2D eigenvalue weighted by Crippen LogP contribution is -2.33. The van der Waals surface area contributed by atoms with E-state index in [1.54, 1.807) is 12.1 Å². The molecular formula is C15H16N2O3S. The monoisotopic (exact) mass is 304 g/mol. The molecule has 1 heterocycles. The van der Waals surface area contributed by atoms with Gasteiger partial charge in [0.2, 0.25) is 0 Å². The Morgan fingerprint density at radius 1 is 1.29 bits per heavy atom. The zero-order valence-corrected chi connectivity index (χ0v) is 12.4. The number of ether oxygens (including phenoxy) is 1. The van der Waals surface area contributed by atoms with Crippen LogP contribution in [0.5, 0.6) is 5.75 Å². The summed E-state index contributed by atoms with van der Waals surface area (Å²) in [6.07, 6.45) is 2.39. The number of rotatable bonds is 5. The van der Waals surface area contributed by atoms with Gasteiger partial charge in [0, 0.05) is 5.69 Å². The summed E-state index contributed by atoms with van der Waals surface area (Å²) in [4.78, 5) is 11.7. The molecule has 1 aromatic carbocycles. The van der Waals surface area contributed by atoms with E-state index in [2.05, 4.69) is 17.6 Å². The van der Waals surface area contributed by atoms with Gasteiger partial charge in [0.15, 0.2) is 10.9 Å². The van der Waals surface area contributed by atoms with Crippen molar-refractivity contribution in [2.45, 2.75) is 13.3 Å². The Kier molecular flexibility index (Phi) is 5.34. The molecule has 2 aromatic rings. The molecule has 0 aliphatic heterocycles. The molecule has 110 valence electrons. The van der Waals surface area contributed by atoms with Gasteiger partial charge in [-0.3, -0.25) is 10.1 Å². The fourth-order valence-corrected chi connectivity index (χ4v) is 1.80. The third-order valence-corrected chi connectivity index (χ3v) is 2.76. The van der Waals surface area contributed by atoms with Crippen molar-refractivity contribution < 1.29 is 13.9 Å². The topological polar surface area (TPSA) is 63.5 Å². The standard InChI is InChI=1S/C15H16N2O3S/c1-2-9-19-12-7-5-11(6-8-12)16-15(21)17-14(18)13-4-3-10-20-13/h3-8,10H,2,9H2,1H3,(H2,16,17,18,21). The van der Waals surface area contributed by atoms with E-state index in [0.29, 0.717) is 6.61 Å². The van der Waals surface area contributed by atoms with E-state index in [1.165, 1.54) is 6.26 Å². The van der Waals surface area contributed by atoms with Crippen LogP contribution in [0, 0.1) is 0 Å². The Hall–Kier alpha value is -2.34. The van der Waals surface area contributed by atoms with Gasteiger partial charge >= 0.3 is 0 Å². The lowest BCUT2D eigenvalue weighted by atomic mass is 10.3. The van der Waals surface area contributed by atoms with Crippen molar-refractivity contribution in [1.29, 1.82) is 0 Å². The van der Waals surface area contributed by atoms with Crippen LogP contribution in [0.25, 0.3) is 0 Å². The molecule has 0 atom stereocenters.